The van der Waals surface area contributed by atoms with Crippen molar-refractivity contribution >= 4 is 0 Å². The van der Waals surface area contributed by atoms with Gasteiger partial charge in [-0.2, -0.15) is 13.2 Å². The molecule has 1 radical (unpaired) electrons. The van der Waals surface area contributed by atoms with E-state index in [1.807, 2.05) is 12.1 Å². The molecule has 0 saturated heterocycles. The molecule has 22 heavy (non-hydrogen) atoms. The Morgan fingerprint density at radius 2 is 1.64 bits per heavy atom. The summed E-state index contributed by atoms with van der Waals surface area (Å²) in [5.74, 6) is 0.793. The van der Waals surface area contributed by atoms with Gasteiger partial charge in [-0.25, -0.2) is 0 Å². The molecule has 0 aliphatic rings. The number of unbranched alkanes of at least 4 members (excludes halogenated alkanes) is 2. The molecule has 0 bridgehead atoms. The highest BCUT2D eigenvalue weighted by molar-refractivity contribution is 5.29. The zero-order valence-electron chi connectivity index (χ0n) is 12.2. The van der Waals surface area contributed by atoms with Gasteiger partial charge in [0.1, 0.15) is 5.75 Å². The van der Waals surface area contributed by atoms with Crippen molar-refractivity contribution < 1.29 is 17.9 Å². The van der Waals surface area contributed by atoms with Crippen molar-refractivity contribution in [1.29, 1.82) is 0 Å². The van der Waals surface area contributed by atoms with E-state index in [2.05, 4.69) is 6.07 Å². The van der Waals surface area contributed by atoms with Gasteiger partial charge in [0.25, 0.3) is 0 Å². The smallest absolute Gasteiger partial charge is 0.416 e. The molecule has 2 aromatic carbocycles. The lowest BCUT2D eigenvalue weighted by Gasteiger charge is -2.12. The molecule has 4 heteroatoms. The van der Waals surface area contributed by atoms with Crippen LogP contribution in [0.15, 0.2) is 48.5 Å². The maximum Gasteiger partial charge on any atom is 0.416 e. The van der Waals surface area contributed by atoms with Crippen LogP contribution in [0.1, 0.15) is 30.4 Å². The zero-order chi connectivity index (χ0) is 15.8. The number of ether oxygens (including phenoxy) is 1. The van der Waals surface area contributed by atoms with Gasteiger partial charge in [-0.1, -0.05) is 30.3 Å². The number of aryl methyl sites for hydroxylation is 1. The fourth-order valence-corrected chi connectivity index (χ4v) is 2.27. The molecule has 0 spiro atoms. The third-order valence-corrected chi connectivity index (χ3v) is 3.37. The quantitative estimate of drug-likeness (QED) is 0.631. The maximum atomic E-state index is 12.8. The van der Waals surface area contributed by atoms with Gasteiger partial charge in [0.05, 0.1) is 12.2 Å². The molecule has 0 aromatic heterocycles. The highest BCUT2D eigenvalue weighted by atomic mass is 19.4. The van der Waals surface area contributed by atoms with E-state index in [1.54, 1.807) is 24.3 Å². The normalized spacial score (nSPS) is 11.4. The highest BCUT2D eigenvalue weighted by Gasteiger charge is 2.32. The van der Waals surface area contributed by atoms with E-state index in [4.69, 9.17) is 4.74 Å². The SMILES string of the molecule is FC(F)(F)c1ccccc1CCCCCOc1cc[c]cc1. The summed E-state index contributed by atoms with van der Waals surface area (Å²) >= 11 is 0. The first-order valence-electron chi connectivity index (χ1n) is 7.31. The van der Waals surface area contributed by atoms with E-state index in [-0.39, 0.29) is 0 Å². The molecular formula is C18H18F3O. The monoisotopic (exact) mass is 307 g/mol. The Labute approximate surface area is 128 Å². The number of halogens is 3. The molecule has 0 aliphatic heterocycles. The highest BCUT2D eigenvalue weighted by Crippen LogP contribution is 2.32. The van der Waals surface area contributed by atoms with E-state index in [0.29, 0.717) is 18.6 Å². The van der Waals surface area contributed by atoms with E-state index < -0.39 is 11.7 Å². The first kappa shape index (κ1) is 16.4. The van der Waals surface area contributed by atoms with Crippen LogP contribution in [0, 0.1) is 6.07 Å². The lowest BCUT2D eigenvalue weighted by molar-refractivity contribution is -0.138. The summed E-state index contributed by atoms with van der Waals surface area (Å²) < 4.78 is 44.1. The lowest BCUT2D eigenvalue weighted by Crippen LogP contribution is -2.09. The van der Waals surface area contributed by atoms with Crippen molar-refractivity contribution in [3.63, 3.8) is 0 Å². The van der Waals surface area contributed by atoms with Gasteiger partial charge >= 0.3 is 6.18 Å². The summed E-state index contributed by atoms with van der Waals surface area (Å²) in [5.41, 5.74) is -0.152. The van der Waals surface area contributed by atoms with E-state index in [0.717, 1.165) is 31.1 Å². The topological polar surface area (TPSA) is 9.23 Å². The fraction of sp³-hybridized carbons (Fsp3) is 0.333. The molecule has 2 aromatic rings. The molecule has 0 heterocycles. The van der Waals surface area contributed by atoms with Crippen LogP contribution >= 0.6 is 0 Å². The summed E-state index contributed by atoms with van der Waals surface area (Å²) in [6.07, 6.45) is -1.45. The van der Waals surface area contributed by atoms with Crippen LogP contribution in [-0.4, -0.2) is 6.61 Å². The third kappa shape index (κ3) is 5.10. The summed E-state index contributed by atoms with van der Waals surface area (Å²) in [6.45, 7) is 0.574. The van der Waals surface area contributed by atoms with Crippen LogP contribution < -0.4 is 4.74 Å². The number of hydrogen-bond acceptors (Lipinski definition) is 1. The molecule has 0 aliphatic carbocycles. The fourth-order valence-electron chi connectivity index (χ4n) is 2.27. The Hall–Kier alpha value is -1.97. The van der Waals surface area contributed by atoms with E-state index >= 15 is 0 Å². The van der Waals surface area contributed by atoms with Gasteiger partial charge < -0.3 is 4.74 Å². The molecule has 2 rings (SSSR count). The number of alkyl halides is 3. The number of hydrogen-bond donors (Lipinski definition) is 0. The van der Waals surface area contributed by atoms with Crippen molar-refractivity contribution in [1.82, 2.24) is 0 Å². The van der Waals surface area contributed by atoms with Crippen LogP contribution in [0.5, 0.6) is 5.75 Å². The molecule has 0 fully saturated rings. The predicted octanol–water partition coefficient (Wildman–Crippen LogP) is 5.30. The Kier molecular flexibility index (Phi) is 5.87. The number of benzene rings is 2. The Bertz CT molecular complexity index is 564. The van der Waals surface area contributed by atoms with Crippen molar-refractivity contribution in [2.45, 2.75) is 31.9 Å². The molecule has 0 saturated carbocycles. The van der Waals surface area contributed by atoms with E-state index in [1.165, 1.54) is 6.07 Å². The molecule has 0 unspecified atom stereocenters. The first-order chi connectivity index (χ1) is 10.6. The van der Waals surface area contributed by atoms with Gasteiger partial charge in [0, 0.05) is 0 Å². The first-order valence-corrected chi connectivity index (χ1v) is 7.31. The predicted molar refractivity (Wildman–Crippen MR) is 79.8 cm³/mol. The summed E-state index contributed by atoms with van der Waals surface area (Å²) in [7, 11) is 0. The summed E-state index contributed by atoms with van der Waals surface area (Å²) in [6, 6.07) is 15.9. The molecule has 0 N–H and O–H groups in total. The molecule has 0 atom stereocenters. The average Bonchev–Trinajstić information content (AvgIpc) is 2.51. The third-order valence-electron chi connectivity index (χ3n) is 3.37. The second-order valence-electron chi connectivity index (χ2n) is 5.05. The van der Waals surface area contributed by atoms with Gasteiger partial charge in [-0.15, -0.1) is 0 Å². The molecular weight excluding hydrogens is 289 g/mol. The van der Waals surface area contributed by atoms with Crippen molar-refractivity contribution in [2.75, 3.05) is 6.61 Å². The van der Waals surface area contributed by atoms with Crippen molar-refractivity contribution in [2.24, 2.45) is 0 Å². The second-order valence-corrected chi connectivity index (χ2v) is 5.05. The minimum atomic E-state index is -4.27. The minimum absolute atomic E-state index is 0.370. The second kappa shape index (κ2) is 7.87. The lowest BCUT2D eigenvalue weighted by atomic mass is 10.0. The van der Waals surface area contributed by atoms with E-state index in [9.17, 15) is 13.2 Å². The van der Waals surface area contributed by atoms with Crippen LogP contribution in [0.4, 0.5) is 13.2 Å². The maximum absolute atomic E-state index is 12.8. The van der Waals surface area contributed by atoms with Crippen LogP contribution in [0.3, 0.4) is 0 Å². The van der Waals surface area contributed by atoms with Crippen molar-refractivity contribution in [3.8, 4) is 5.75 Å². The van der Waals surface area contributed by atoms with Crippen molar-refractivity contribution in [3.05, 3.63) is 65.7 Å². The zero-order valence-corrected chi connectivity index (χ0v) is 12.2. The molecule has 1 nitrogen and oxygen atoms in total. The van der Waals surface area contributed by atoms with Gasteiger partial charge in [0.15, 0.2) is 0 Å². The largest absolute Gasteiger partial charge is 0.494 e. The summed E-state index contributed by atoms with van der Waals surface area (Å²) in [5, 5.41) is 0. The summed E-state index contributed by atoms with van der Waals surface area (Å²) in [4.78, 5) is 0. The van der Waals surface area contributed by atoms with Crippen LogP contribution in [0.2, 0.25) is 0 Å². The minimum Gasteiger partial charge on any atom is -0.494 e. The Balaban J connectivity index is 1.71. The number of rotatable bonds is 7. The molecule has 0 amide bonds. The average molecular weight is 307 g/mol. The Morgan fingerprint density at radius 1 is 0.909 bits per heavy atom. The van der Waals surface area contributed by atoms with Gasteiger partial charge in [-0.3, -0.25) is 0 Å². The van der Waals surface area contributed by atoms with Gasteiger partial charge in [0.2, 0.25) is 0 Å². The van der Waals surface area contributed by atoms with Crippen LogP contribution in [0.25, 0.3) is 0 Å². The molecule has 117 valence electrons. The Morgan fingerprint density at radius 3 is 2.36 bits per heavy atom. The van der Waals surface area contributed by atoms with Crippen LogP contribution in [-0.2, 0) is 12.6 Å². The standard InChI is InChI=1S/C18H18F3O/c19-18(20,21)17-13-7-6-10-15(17)9-3-2-8-14-22-16-11-4-1-5-12-16/h4-7,10-13H,2-3,8-9,14H2. The van der Waals surface area contributed by atoms with Gasteiger partial charge in [-0.05, 0) is 55.5 Å².